The van der Waals surface area contributed by atoms with Gasteiger partial charge in [-0.25, -0.2) is 0 Å². The molecule has 64 valence electrons. The highest BCUT2D eigenvalue weighted by Crippen LogP contribution is 2.37. The van der Waals surface area contributed by atoms with Crippen LogP contribution >= 0.6 is 11.8 Å². The van der Waals surface area contributed by atoms with Gasteiger partial charge in [0.05, 0.1) is 5.03 Å². The van der Waals surface area contributed by atoms with Crippen molar-refractivity contribution in [2.75, 3.05) is 0 Å². The number of aromatic amines is 1. The first-order valence-corrected chi connectivity index (χ1v) is 5.17. The van der Waals surface area contributed by atoms with Gasteiger partial charge in [0.15, 0.2) is 0 Å². The SMILES string of the molecule is c1ccc2c(c1)Cc1cc[nH]c1S2. The van der Waals surface area contributed by atoms with Gasteiger partial charge < -0.3 is 4.98 Å². The fourth-order valence-corrected chi connectivity index (χ4v) is 2.72. The van der Waals surface area contributed by atoms with Gasteiger partial charge in [0, 0.05) is 17.5 Å². The summed E-state index contributed by atoms with van der Waals surface area (Å²) in [4.78, 5) is 4.65. The van der Waals surface area contributed by atoms with Crippen LogP contribution in [0, 0.1) is 0 Å². The van der Waals surface area contributed by atoms with Crippen LogP contribution in [-0.2, 0) is 6.42 Å². The van der Waals surface area contributed by atoms with Gasteiger partial charge in [0.1, 0.15) is 0 Å². The summed E-state index contributed by atoms with van der Waals surface area (Å²) in [6, 6.07) is 10.8. The number of rotatable bonds is 0. The molecule has 0 spiro atoms. The van der Waals surface area contributed by atoms with Gasteiger partial charge in [-0.3, -0.25) is 0 Å². The molecular weight excluding hydrogens is 178 g/mol. The normalized spacial score (nSPS) is 13.5. The van der Waals surface area contributed by atoms with Gasteiger partial charge in [0.2, 0.25) is 0 Å². The quantitative estimate of drug-likeness (QED) is 0.572. The summed E-state index contributed by atoms with van der Waals surface area (Å²) in [5, 5.41) is 1.30. The van der Waals surface area contributed by atoms with Crippen molar-refractivity contribution in [1.82, 2.24) is 4.98 Å². The van der Waals surface area contributed by atoms with Crippen LogP contribution in [0.1, 0.15) is 11.1 Å². The van der Waals surface area contributed by atoms with E-state index in [2.05, 4.69) is 35.3 Å². The van der Waals surface area contributed by atoms with Crippen molar-refractivity contribution in [1.29, 1.82) is 0 Å². The molecule has 2 heteroatoms. The first kappa shape index (κ1) is 7.27. The van der Waals surface area contributed by atoms with Crippen molar-refractivity contribution < 1.29 is 0 Å². The molecule has 0 bridgehead atoms. The molecule has 1 N–H and O–H groups in total. The third kappa shape index (κ3) is 1.10. The number of aromatic nitrogens is 1. The van der Waals surface area contributed by atoms with E-state index >= 15 is 0 Å². The van der Waals surface area contributed by atoms with Crippen molar-refractivity contribution in [3.05, 3.63) is 47.7 Å². The Bertz CT molecular complexity index is 405. The zero-order valence-electron chi connectivity index (χ0n) is 7.08. The lowest BCUT2D eigenvalue weighted by Gasteiger charge is -2.14. The number of hydrogen-bond donors (Lipinski definition) is 1. The molecule has 13 heavy (non-hydrogen) atoms. The van der Waals surface area contributed by atoms with Crippen LogP contribution in [0.2, 0.25) is 0 Å². The van der Waals surface area contributed by atoms with Gasteiger partial charge >= 0.3 is 0 Å². The molecule has 0 radical (unpaired) electrons. The van der Waals surface area contributed by atoms with Crippen molar-refractivity contribution in [2.24, 2.45) is 0 Å². The third-order valence-corrected chi connectivity index (χ3v) is 3.56. The van der Waals surface area contributed by atoms with Crippen molar-refractivity contribution in [3.8, 4) is 0 Å². The van der Waals surface area contributed by atoms with E-state index in [0.717, 1.165) is 6.42 Å². The van der Waals surface area contributed by atoms with Crippen molar-refractivity contribution in [3.63, 3.8) is 0 Å². The molecule has 0 aliphatic carbocycles. The van der Waals surface area contributed by atoms with E-state index in [1.165, 1.54) is 21.0 Å². The van der Waals surface area contributed by atoms with Gasteiger partial charge in [-0.2, -0.15) is 0 Å². The zero-order valence-corrected chi connectivity index (χ0v) is 7.90. The Kier molecular flexibility index (Phi) is 1.49. The summed E-state index contributed by atoms with van der Waals surface area (Å²) >= 11 is 1.83. The molecule has 0 saturated carbocycles. The van der Waals surface area contributed by atoms with E-state index in [0.29, 0.717) is 0 Å². The number of nitrogens with one attached hydrogen (secondary N) is 1. The molecular formula is C11H9NS. The summed E-state index contributed by atoms with van der Waals surface area (Å²) in [6.07, 6.45) is 3.09. The van der Waals surface area contributed by atoms with Crippen LogP contribution in [-0.4, -0.2) is 4.98 Å². The maximum atomic E-state index is 3.26. The Labute approximate surface area is 81.2 Å². The van der Waals surface area contributed by atoms with E-state index in [-0.39, 0.29) is 0 Å². The minimum Gasteiger partial charge on any atom is -0.356 e. The van der Waals surface area contributed by atoms with Gasteiger partial charge in [0.25, 0.3) is 0 Å². The Balaban J connectivity index is 2.14. The number of hydrogen-bond acceptors (Lipinski definition) is 1. The summed E-state index contributed by atoms with van der Waals surface area (Å²) < 4.78 is 0. The lowest BCUT2D eigenvalue weighted by molar-refractivity contribution is 1.02. The largest absolute Gasteiger partial charge is 0.356 e. The van der Waals surface area contributed by atoms with Crippen LogP contribution in [0.15, 0.2) is 46.5 Å². The standard InChI is InChI=1S/C11H9NS/c1-2-4-10-8(3-1)7-9-5-6-12-11(9)13-10/h1-6,12H,7H2. The molecule has 0 fully saturated rings. The Morgan fingerprint density at radius 2 is 2.00 bits per heavy atom. The average Bonchev–Trinajstić information content (AvgIpc) is 2.61. The first-order valence-electron chi connectivity index (χ1n) is 4.35. The second-order valence-corrected chi connectivity index (χ2v) is 4.27. The molecule has 1 nitrogen and oxygen atoms in total. The maximum absolute atomic E-state index is 3.26. The lowest BCUT2D eigenvalue weighted by Crippen LogP contribution is -1.96. The minimum atomic E-state index is 1.07. The van der Waals surface area contributed by atoms with Crippen LogP contribution in [0.3, 0.4) is 0 Å². The second-order valence-electron chi connectivity index (χ2n) is 3.22. The lowest BCUT2D eigenvalue weighted by atomic mass is 10.1. The molecule has 0 atom stereocenters. The molecule has 1 aromatic carbocycles. The van der Waals surface area contributed by atoms with Gasteiger partial charge in [-0.15, -0.1) is 0 Å². The number of fused-ring (bicyclic) bond motifs is 2. The molecule has 1 aliphatic rings. The highest BCUT2D eigenvalue weighted by atomic mass is 32.2. The molecule has 0 saturated heterocycles. The Hall–Kier alpha value is -1.15. The second kappa shape index (κ2) is 2.67. The number of H-pyrrole nitrogens is 1. The van der Waals surface area contributed by atoms with Crippen LogP contribution in [0.4, 0.5) is 0 Å². The van der Waals surface area contributed by atoms with E-state index in [1.807, 2.05) is 18.0 Å². The third-order valence-electron chi connectivity index (χ3n) is 2.36. The molecule has 1 aromatic heterocycles. The summed E-state index contributed by atoms with van der Waals surface area (Å²) in [7, 11) is 0. The molecule has 2 heterocycles. The molecule has 3 rings (SSSR count). The molecule has 2 aromatic rings. The fourth-order valence-electron chi connectivity index (χ4n) is 1.69. The average molecular weight is 187 g/mol. The Morgan fingerprint density at radius 3 is 3.00 bits per heavy atom. The summed E-state index contributed by atoms with van der Waals surface area (Å²) in [6.45, 7) is 0. The first-order chi connectivity index (χ1) is 6.43. The Morgan fingerprint density at radius 1 is 1.08 bits per heavy atom. The van der Waals surface area contributed by atoms with Crippen molar-refractivity contribution >= 4 is 11.8 Å². The predicted octanol–water partition coefficient (Wildman–Crippen LogP) is 3.07. The van der Waals surface area contributed by atoms with E-state index in [1.54, 1.807) is 0 Å². The minimum absolute atomic E-state index is 1.07. The maximum Gasteiger partial charge on any atom is 0.0806 e. The van der Waals surface area contributed by atoms with Gasteiger partial charge in [-0.05, 0) is 23.3 Å². The van der Waals surface area contributed by atoms with Crippen molar-refractivity contribution in [2.45, 2.75) is 16.3 Å². The predicted molar refractivity (Wildman–Crippen MR) is 54.2 cm³/mol. The monoisotopic (exact) mass is 187 g/mol. The molecule has 0 unspecified atom stereocenters. The highest BCUT2D eigenvalue weighted by Gasteiger charge is 2.15. The fraction of sp³-hybridized carbons (Fsp3) is 0.0909. The zero-order chi connectivity index (χ0) is 8.67. The van der Waals surface area contributed by atoms with Crippen LogP contribution in [0.5, 0.6) is 0 Å². The molecule has 0 amide bonds. The molecule has 1 aliphatic heterocycles. The topological polar surface area (TPSA) is 15.8 Å². The van der Waals surface area contributed by atoms with E-state index in [4.69, 9.17) is 0 Å². The smallest absolute Gasteiger partial charge is 0.0806 e. The van der Waals surface area contributed by atoms with E-state index < -0.39 is 0 Å². The highest BCUT2D eigenvalue weighted by molar-refractivity contribution is 7.99. The summed E-state index contributed by atoms with van der Waals surface area (Å²) in [5.41, 5.74) is 2.86. The summed E-state index contributed by atoms with van der Waals surface area (Å²) in [5.74, 6) is 0. The van der Waals surface area contributed by atoms with E-state index in [9.17, 15) is 0 Å². The number of benzene rings is 1. The van der Waals surface area contributed by atoms with Gasteiger partial charge in [-0.1, -0.05) is 30.0 Å². The van der Waals surface area contributed by atoms with Crippen LogP contribution < -0.4 is 0 Å². The van der Waals surface area contributed by atoms with Crippen LogP contribution in [0.25, 0.3) is 0 Å².